The van der Waals surface area contributed by atoms with Crippen molar-refractivity contribution in [1.82, 2.24) is 4.98 Å². The number of benzene rings is 1. The standard InChI is InChI=1S/C13H14BrN3O2S/c1-2-17(13-6-4-3-5-12(13)15)20(18,19)11-7-10(14)8-16-9-11/h3-9H,2,15H2,1H3. The summed E-state index contributed by atoms with van der Waals surface area (Å²) < 4.78 is 27.2. The smallest absolute Gasteiger partial charge is 0.265 e. The second-order valence-electron chi connectivity index (χ2n) is 4.07. The summed E-state index contributed by atoms with van der Waals surface area (Å²) in [6, 6.07) is 8.39. The van der Waals surface area contributed by atoms with Gasteiger partial charge in [0, 0.05) is 23.4 Å². The summed E-state index contributed by atoms with van der Waals surface area (Å²) in [7, 11) is -3.69. The van der Waals surface area contributed by atoms with E-state index in [1.54, 1.807) is 31.2 Å². The highest BCUT2D eigenvalue weighted by atomic mass is 79.9. The Hall–Kier alpha value is -1.60. The quantitative estimate of drug-likeness (QED) is 0.855. The van der Waals surface area contributed by atoms with Gasteiger partial charge < -0.3 is 5.73 Å². The zero-order valence-corrected chi connectivity index (χ0v) is 13.2. The van der Waals surface area contributed by atoms with E-state index in [1.165, 1.54) is 22.8 Å². The Morgan fingerprint density at radius 3 is 2.60 bits per heavy atom. The van der Waals surface area contributed by atoms with Gasteiger partial charge in [-0.2, -0.15) is 0 Å². The van der Waals surface area contributed by atoms with Crippen LogP contribution in [0.5, 0.6) is 0 Å². The average molecular weight is 356 g/mol. The molecule has 0 saturated carbocycles. The number of hydrogen-bond acceptors (Lipinski definition) is 4. The van der Waals surface area contributed by atoms with Crippen LogP contribution in [0.15, 0.2) is 52.1 Å². The van der Waals surface area contributed by atoms with E-state index in [-0.39, 0.29) is 11.4 Å². The Labute approximate surface area is 126 Å². The lowest BCUT2D eigenvalue weighted by Crippen LogP contribution is -2.31. The number of sulfonamides is 1. The Balaban J connectivity index is 2.54. The number of rotatable bonds is 4. The van der Waals surface area contributed by atoms with Gasteiger partial charge in [0.1, 0.15) is 4.90 Å². The normalized spacial score (nSPS) is 11.3. The van der Waals surface area contributed by atoms with E-state index in [4.69, 9.17) is 5.73 Å². The predicted octanol–water partition coefficient (Wildman–Crippen LogP) is 2.64. The summed E-state index contributed by atoms with van der Waals surface area (Å²) in [5.74, 6) is 0. The predicted molar refractivity (Wildman–Crippen MR) is 83.0 cm³/mol. The molecule has 2 aromatic rings. The van der Waals surface area contributed by atoms with Crippen LogP contribution in [0.2, 0.25) is 0 Å². The molecule has 0 fully saturated rings. The summed E-state index contributed by atoms with van der Waals surface area (Å²) in [6.07, 6.45) is 2.86. The number of para-hydroxylation sites is 2. The molecule has 0 atom stereocenters. The maximum absolute atomic E-state index is 12.7. The van der Waals surface area contributed by atoms with Crippen LogP contribution in [-0.2, 0) is 10.0 Å². The second-order valence-corrected chi connectivity index (χ2v) is 6.85. The van der Waals surface area contributed by atoms with Crippen LogP contribution >= 0.6 is 15.9 Å². The molecule has 2 rings (SSSR count). The van der Waals surface area contributed by atoms with Gasteiger partial charge in [0.25, 0.3) is 10.0 Å². The van der Waals surface area contributed by atoms with Crippen molar-refractivity contribution in [2.24, 2.45) is 0 Å². The van der Waals surface area contributed by atoms with Gasteiger partial charge in [-0.25, -0.2) is 8.42 Å². The highest BCUT2D eigenvalue weighted by Gasteiger charge is 2.25. The Morgan fingerprint density at radius 1 is 1.30 bits per heavy atom. The number of hydrogen-bond donors (Lipinski definition) is 1. The maximum Gasteiger partial charge on any atom is 0.265 e. The number of nitrogens with two attached hydrogens (primary N) is 1. The monoisotopic (exact) mass is 355 g/mol. The molecule has 20 heavy (non-hydrogen) atoms. The molecule has 2 N–H and O–H groups in total. The van der Waals surface area contributed by atoms with E-state index in [1.807, 2.05) is 0 Å². The van der Waals surface area contributed by atoms with Gasteiger partial charge in [0.05, 0.1) is 11.4 Å². The zero-order valence-electron chi connectivity index (χ0n) is 10.8. The third-order valence-corrected chi connectivity index (χ3v) is 5.05. The van der Waals surface area contributed by atoms with Crippen molar-refractivity contribution in [3.05, 3.63) is 47.2 Å². The Kier molecular flexibility index (Phi) is 4.29. The highest BCUT2D eigenvalue weighted by molar-refractivity contribution is 9.10. The third-order valence-electron chi connectivity index (χ3n) is 2.76. The van der Waals surface area contributed by atoms with Crippen molar-refractivity contribution in [2.45, 2.75) is 11.8 Å². The molecular weight excluding hydrogens is 342 g/mol. The average Bonchev–Trinajstić information content (AvgIpc) is 2.41. The van der Waals surface area contributed by atoms with E-state index in [0.29, 0.717) is 15.8 Å². The first-order valence-electron chi connectivity index (χ1n) is 5.94. The van der Waals surface area contributed by atoms with Gasteiger partial charge in [-0.05, 0) is 41.1 Å². The summed E-state index contributed by atoms with van der Waals surface area (Å²) >= 11 is 3.23. The Morgan fingerprint density at radius 2 is 2.00 bits per heavy atom. The fourth-order valence-corrected chi connectivity index (χ4v) is 3.85. The van der Waals surface area contributed by atoms with Crippen LogP contribution < -0.4 is 10.0 Å². The van der Waals surface area contributed by atoms with Crippen molar-refractivity contribution in [2.75, 3.05) is 16.6 Å². The van der Waals surface area contributed by atoms with Gasteiger partial charge >= 0.3 is 0 Å². The fraction of sp³-hybridized carbons (Fsp3) is 0.154. The largest absolute Gasteiger partial charge is 0.397 e. The molecule has 0 amide bonds. The van der Waals surface area contributed by atoms with Crippen molar-refractivity contribution in [3.8, 4) is 0 Å². The minimum absolute atomic E-state index is 0.122. The van der Waals surface area contributed by atoms with Crippen LogP contribution in [-0.4, -0.2) is 19.9 Å². The number of pyridine rings is 1. The molecule has 0 bridgehead atoms. The molecule has 0 aliphatic heterocycles. The summed E-state index contributed by atoms with van der Waals surface area (Å²) in [5.41, 5.74) is 6.76. The van der Waals surface area contributed by atoms with Crippen molar-refractivity contribution in [1.29, 1.82) is 0 Å². The molecule has 0 spiro atoms. The van der Waals surface area contributed by atoms with Crippen LogP contribution in [0.1, 0.15) is 6.92 Å². The molecule has 106 valence electrons. The van der Waals surface area contributed by atoms with E-state index < -0.39 is 10.0 Å². The van der Waals surface area contributed by atoms with Gasteiger partial charge in [0.15, 0.2) is 0 Å². The van der Waals surface area contributed by atoms with E-state index in [9.17, 15) is 8.42 Å². The van der Waals surface area contributed by atoms with E-state index in [0.717, 1.165) is 0 Å². The zero-order chi connectivity index (χ0) is 14.8. The molecule has 1 heterocycles. The number of nitrogen functional groups attached to an aromatic ring is 1. The molecule has 0 radical (unpaired) electrons. The topological polar surface area (TPSA) is 76.3 Å². The molecule has 0 saturated heterocycles. The number of nitrogens with zero attached hydrogens (tertiary/aromatic N) is 2. The summed E-state index contributed by atoms with van der Waals surface area (Å²) in [4.78, 5) is 4.02. The number of aromatic nitrogens is 1. The molecular formula is C13H14BrN3O2S. The molecule has 0 aliphatic rings. The number of halogens is 1. The van der Waals surface area contributed by atoms with E-state index in [2.05, 4.69) is 20.9 Å². The lowest BCUT2D eigenvalue weighted by atomic mass is 10.3. The van der Waals surface area contributed by atoms with Gasteiger partial charge in [-0.1, -0.05) is 12.1 Å². The van der Waals surface area contributed by atoms with Gasteiger partial charge in [-0.15, -0.1) is 0 Å². The first-order chi connectivity index (χ1) is 9.46. The SMILES string of the molecule is CCN(c1ccccc1N)S(=O)(=O)c1cncc(Br)c1. The van der Waals surface area contributed by atoms with Gasteiger partial charge in [0.2, 0.25) is 0 Å². The molecule has 0 unspecified atom stereocenters. The summed E-state index contributed by atoms with van der Waals surface area (Å²) in [6.45, 7) is 2.04. The Bertz CT molecular complexity index is 719. The van der Waals surface area contributed by atoms with Crippen LogP contribution in [0.3, 0.4) is 0 Å². The third kappa shape index (κ3) is 2.78. The fourth-order valence-electron chi connectivity index (χ4n) is 1.85. The van der Waals surface area contributed by atoms with Crippen LogP contribution in [0.4, 0.5) is 11.4 Å². The van der Waals surface area contributed by atoms with Crippen molar-refractivity contribution >= 4 is 37.3 Å². The highest BCUT2D eigenvalue weighted by Crippen LogP contribution is 2.28. The minimum atomic E-state index is -3.69. The molecule has 0 aliphatic carbocycles. The second kappa shape index (κ2) is 5.80. The first-order valence-corrected chi connectivity index (χ1v) is 8.18. The molecule has 1 aromatic carbocycles. The van der Waals surface area contributed by atoms with Crippen LogP contribution in [0, 0.1) is 0 Å². The van der Waals surface area contributed by atoms with E-state index >= 15 is 0 Å². The van der Waals surface area contributed by atoms with Crippen molar-refractivity contribution < 1.29 is 8.42 Å². The molecule has 1 aromatic heterocycles. The minimum Gasteiger partial charge on any atom is -0.397 e. The van der Waals surface area contributed by atoms with Crippen LogP contribution in [0.25, 0.3) is 0 Å². The first kappa shape index (κ1) is 14.8. The molecule has 7 heteroatoms. The van der Waals surface area contributed by atoms with Crippen molar-refractivity contribution in [3.63, 3.8) is 0 Å². The number of anilines is 2. The summed E-state index contributed by atoms with van der Waals surface area (Å²) in [5, 5.41) is 0. The lowest BCUT2D eigenvalue weighted by molar-refractivity contribution is 0.591. The molecule has 5 nitrogen and oxygen atoms in total. The maximum atomic E-state index is 12.7. The lowest BCUT2D eigenvalue weighted by Gasteiger charge is -2.24. The van der Waals surface area contributed by atoms with Gasteiger partial charge in [-0.3, -0.25) is 9.29 Å².